The minimum absolute atomic E-state index is 0.352. The number of halogens is 7. The lowest BCUT2D eigenvalue weighted by atomic mass is 10.0. The van der Waals surface area contributed by atoms with Crippen LogP contribution in [-0.2, 0) is 0 Å². The standard InChI is InChI=1S/C10H11F7N2/c1-5(2)7-18-4-3-6(19-7)8(11,12)9(13,14)10(15,16)17/h3-5,7,19H,1-2H3. The van der Waals surface area contributed by atoms with Crippen LogP contribution in [0, 0.1) is 5.92 Å². The highest BCUT2D eigenvalue weighted by Crippen LogP contribution is 2.49. The average molecular weight is 292 g/mol. The molecule has 1 unspecified atom stereocenters. The van der Waals surface area contributed by atoms with Gasteiger partial charge in [-0.1, -0.05) is 13.8 Å². The quantitative estimate of drug-likeness (QED) is 0.793. The van der Waals surface area contributed by atoms with E-state index in [0.717, 1.165) is 6.21 Å². The SMILES string of the molecule is CC(C)C1N=CC=C(C(F)(F)C(F)(F)C(F)(F)F)N1. The van der Waals surface area contributed by atoms with Crippen molar-refractivity contribution in [2.45, 2.75) is 38.0 Å². The highest BCUT2D eigenvalue weighted by Gasteiger charge is 2.74. The molecule has 0 aromatic carbocycles. The van der Waals surface area contributed by atoms with Crippen molar-refractivity contribution < 1.29 is 30.7 Å². The van der Waals surface area contributed by atoms with Crippen molar-refractivity contribution in [3.8, 4) is 0 Å². The van der Waals surface area contributed by atoms with E-state index in [1.807, 2.05) is 5.32 Å². The minimum atomic E-state index is -6.35. The van der Waals surface area contributed by atoms with E-state index < -0.39 is 29.9 Å². The molecule has 1 N–H and O–H groups in total. The lowest BCUT2D eigenvalue weighted by Gasteiger charge is -2.33. The first-order valence-electron chi connectivity index (χ1n) is 5.24. The molecule has 1 heterocycles. The Morgan fingerprint density at radius 2 is 1.63 bits per heavy atom. The molecule has 1 aliphatic heterocycles. The van der Waals surface area contributed by atoms with Gasteiger partial charge in [-0.3, -0.25) is 4.99 Å². The second kappa shape index (κ2) is 4.68. The zero-order valence-corrected chi connectivity index (χ0v) is 9.90. The van der Waals surface area contributed by atoms with Gasteiger partial charge in [-0.2, -0.15) is 30.7 Å². The number of allylic oxidation sites excluding steroid dienone is 2. The van der Waals surface area contributed by atoms with Crippen LogP contribution in [0.5, 0.6) is 0 Å². The van der Waals surface area contributed by atoms with E-state index in [1.54, 1.807) is 13.8 Å². The molecule has 0 amide bonds. The largest absolute Gasteiger partial charge is 0.460 e. The lowest BCUT2D eigenvalue weighted by Crippen LogP contribution is -2.56. The van der Waals surface area contributed by atoms with E-state index >= 15 is 0 Å². The molecule has 9 heteroatoms. The van der Waals surface area contributed by atoms with Crippen LogP contribution in [0.1, 0.15) is 13.8 Å². The van der Waals surface area contributed by atoms with Gasteiger partial charge in [0.2, 0.25) is 0 Å². The van der Waals surface area contributed by atoms with Gasteiger partial charge in [-0.25, -0.2) is 0 Å². The number of rotatable bonds is 3. The summed E-state index contributed by atoms with van der Waals surface area (Å²) in [4.78, 5) is 3.66. The highest BCUT2D eigenvalue weighted by molar-refractivity contribution is 5.74. The Hall–Kier alpha value is -1.28. The van der Waals surface area contributed by atoms with Crippen LogP contribution in [0.25, 0.3) is 0 Å². The van der Waals surface area contributed by atoms with Crippen LogP contribution in [0.2, 0.25) is 0 Å². The van der Waals surface area contributed by atoms with Gasteiger partial charge in [0.1, 0.15) is 6.17 Å². The summed E-state index contributed by atoms with van der Waals surface area (Å²) >= 11 is 0. The first-order chi connectivity index (χ1) is 8.41. The van der Waals surface area contributed by atoms with E-state index in [4.69, 9.17) is 0 Å². The Kier molecular flexibility index (Phi) is 3.88. The van der Waals surface area contributed by atoms with Crippen molar-refractivity contribution in [2.75, 3.05) is 0 Å². The average Bonchev–Trinajstić information content (AvgIpc) is 2.27. The van der Waals surface area contributed by atoms with Crippen LogP contribution >= 0.6 is 0 Å². The van der Waals surface area contributed by atoms with Gasteiger partial charge in [-0.15, -0.1) is 0 Å². The molecule has 1 aliphatic rings. The lowest BCUT2D eigenvalue weighted by molar-refractivity contribution is -0.345. The molecule has 19 heavy (non-hydrogen) atoms. The normalized spacial score (nSPS) is 21.4. The van der Waals surface area contributed by atoms with E-state index in [0.29, 0.717) is 6.08 Å². The predicted octanol–water partition coefficient (Wildman–Crippen LogP) is 3.36. The van der Waals surface area contributed by atoms with Crippen LogP contribution < -0.4 is 5.32 Å². The van der Waals surface area contributed by atoms with Gasteiger partial charge in [0, 0.05) is 6.21 Å². The third kappa shape index (κ3) is 2.69. The van der Waals surface area contributed by atoms with Crippen LogP contribution in [0.4, 0.5) is 30.7 Å². The fraction of sp³-hybridized carbons (Fsp3) is 0.700. The van der Waals surface area contributed by atoms with Crippen molar-refractivity contribution in [2.24, 2.45) is 10.9 Å². The highest BCUT2D eigenvalue weighted by atomic mass is 19.4. The fourth-order valence-corrected chi connectivity index (χ4v) is 1.34. The Bertz CT molecular complexity index is 395. The molecule has 0 spiro atoms. The van der Waals surface area contributed by atoms with E-state index in [1.165, 1.54) is 0 Å². The summed E-state index contributed by atoms with van der Waals surface area (Å²) < 4.78 is 88.4. The second-order valence-corrected chi connectivity index (χ2v) is 4.36. The van der Waals surface area contributed by atoms with Gasteiger partial charge >= 0.3 is 18.0 Å². The molecule has 1 rings (SSSR count). The molecule has 0 aromatic rings. The van der Waals surface area contributed by atoms with Crippen molar-refractivity contribution in [1.82, 2.24) is 5.32 Å². The molecule has 0 radical (unpaired) electrons. The monoisotopic (exact) mass is 292 g/mol. The molecular formula is C10H11F7N2. The number of hydrogen-bond donors (Lipinski definition) is 1. The molecular weight excluding hydrogens is 281 g/mol. The molecule has 0 saturated carbocycles. The van der Waals surface area contributed by atoms with E-state index in [9.17, 15) is 30.7 Å². The van der Waals surface area contributed by atoms with Gasteiger partial charge in [0.25, 0.3) is 0 Å². The summed E-state index contributed by atoms with van der Waals surface area (Å²) in [5.41, 5.74) is -1.50. The van der Waals surface area contributed by atoms with Crippen LogP contribution in [0.15, 0.2) is 16.8 Å². The van der Waals surface area contributed by atoms with Crippen molar-refractivity contribution in [3.63, 3.8) is 0 Å². The zero-order valence-electron chi connectivity index (χ0n) is 9.90. The Morgan fingerprint density at radius 1 is 1.11 bits per heavy atom. The molecule has 1 atom stereocenters. The summed E-state index contributed by atoms with van der Waals surface area (Å²) in [5, 5.41) is 1.90. The maximum Gasteiger partial charge on any atom is 0.460 e. The van der Waals surface area contributed by atoms with Crippen LogP contribution in [0.3, 0.4) is 0 Å². The summed E-state index contributed by atoms with van der Waals surface area (Å²) in [6, 6.07) is 0. The topological polar surface area (TPSA) is 24.4 Å². The summed E-state index contributed by atoms with van der Waals surface area (Å²) in [7, 11) is 0. The molecule has 0 saturated heterocycles. The summed E-state index contributed by atoms with van der Waals surface area (Å²) in [5.74, 6) is -11.9. The zero-order chi connectivity index (χ0) is 15.1. The maximum atomic E-state index is 13.4. The number of alkyl halides is 7. The molecule has 2 nitrogen and oxygen atoms in total. The number of aliphatic imine (C=N–C) groups is 1. The number of nitrogens with zero attached hydrogens (tertiary/aromatic N) is 1. The molecule has 0 aromatic heterocycles. The minimum Gasteiger partial charge on any atom is -0.362 e. The van der Waals surface area contributed by atoms with Crippen molar-refractivity contribution in [1.29, 1.82) is 0 Å². The smallest absolute Gasteiger partial charge is 0.362 e. The molecule has 0 fully saturated rings. The van der Waals surface area contributed by atoms with Gasteiger partial charge in [-0.05, 0) is 12.0 Å². The summed E-state index contributed by atoms with van der Waals surface area (Å²) in [6.07, 6.45) is -6.12. The van der Waals surface area contributed by atoms with Gasteiger partial charge < -0.3 is 5.32 Å². The Balaban J connectivity index is 3.08. The number of nitrogens with one attached hydrogen (secondary N) is 1. The Morgan fingerprint density at radius 3 is 2.05 bits per heavy atom. The van der Waals surface area contributed by atoms with E-state index in [2.05, 4.69) is 4.99 Å². The molecule has 110 valence electrons. The molecule has 0 bridgehead atoms. The fourth-order valence-electron chi connectivity index (χ4n) is 1.34. The maximum absolute atomic E-state index is 13.4. The number of hydrogen-bond acceptors (Lipinski definition) is 2. The van der Waals surface area contributed by atoms with Gasteiger partial charge in [0.05, 0.1) is 5.70 Å². The third-order valence-corrected chi connectivity index (χ3v) is 2.51. The van der Waals surface area contributed by atoms with Crippen molar-refractivity contribution in [3.05, 3.63) is 11.8 Å². The third-order valence-electron chi connectivity index (χ3n) is 2.51. The summed E-state index contributed by atoms with van der Waals surface area (Å²) in [6.45, 7) is 3.11. The van der Waals surface area contributed by atoms with E-state index in [-0.39, 0.29) is 5.92 Å². The molecule has 0 aliphatic carbocycles. The Labute approximate surface area is 104 Å². The first-order valence-corrected chi connectivity index (χ1v) is 5.24. The second-order valence-electron chi connectivity index (χ2n) is 4.36. The first kappa shape index (κ1) is 15.8. The van der Waals surface area contributed by atoms with Crippen molar-refractivity contribution >= 4 is 6.21 Å². The van der Waals surface area contributed by atoms with Gasteiger partial charge in [0.15, 0.2) is 0 Å². The predicted molar refractivity (Wildman–Crippen MR) is 54.3 cm³/mol. The van der Waals surface area contributed by atoms with Crippen LogP contribution in [-0.4, -0.2) is 30.4 Å².